The van der Waals surface area contributed by atoms with Crippen molar-refractivity contribution in [2.45, 2.75) is 6.54 Å². The first-order valence-corrected chi connectivity index (χ1v) is 13.2. The van der Waals surface area contributed by atoms with Crippen LogP contribution in [0.3, 0.4) is 0 Å². The first-order chi connectivity index (χ1) is 19.9. The fourth-order valence-corrected chi connectivity index (χ4v) is 5.02. The molecular weight excluding hydrogens is 538 g/mol. The summed E-state index contributed by atoms with van der Waals surface area (Å²) in [6.45, 7) is 0.435. The Bertz CT molecular complexity index is 1950. The molecule has 41 heavy (non-hydrogen) atoms. The molecule has 8 heteroatoms. The molecular formula is C33H22ClN3O4. The third kappa shape index (κ3) is 5.06. The number of carbonyl (C=O) groups is 3. The maximum absolute atomic E-state index is 13.6. The lowest BCUT2D eigenvalue weighted by Gasteiger charge is -2.17. The Balaban J connectivity index is 1.34. The first kappa shape index (κ1) is 26.0. The van der Waals surface area contributed by atoms with Crippen molar-refractivity contribution in [3.05, 3.63) is 132 Å². The van der Waals surface area contributed by atoms with E-state index in [4.69, 9.17) is 11.6 Å². The molecule has 0 saturated heterocycles. The molecule has 6 aromatic rings. The summed E-state index contributed by atoms with van der Waals surface area (Å²) in [7, 11) is 0. The van der Waals surface area contributed by atoms with Gasteiger partial charge in [0.05, 0.1) is 22.5 Å². The van der Waals surface area contributed by atoms with Gasteiger partial charge in [0.15, 0.2) is 0 Å². The molecule has 0 aliphatic rings. The predicted octanol–water partition coefficient (Wildman–Crippen LogP) is 7.45. The smallest absolute Gasteiger partial charge is 0.419 e. The van der Waals surface area contributed by atoms with Gasteiger partial charge in [-0.15, -0.1) is 0 Å². The lowest BCUT2D eigenvalue weighted by molar-refractivity contribution is -0.114. The van der Waals surface area contributed by atoms with E-state index < -0.39 is 17.8 Å². The average Bonchev–Trinajstić information content (AvgIpc) is 3.36. The van der Waals surface area contributed by atoms with Crippen LogP contribution in [0.15, 0.2) is 115 Å². The Morgan fingerprint density at radius 2 is 1.56 bits per heavy atom. The van der Waals surface area contributed by atoms with Crippen LogP contribution in [-0.4, -0.2) is 32.4 Å². The highest BCUT2D eigenvalue weighted by atomic mass is 35.5. The lowest BCUT2D eigenvalue weighted by Crippen LogP contribution is -2.40. The first-order valence-electron chi connectivity index (χ1n) is 12.8. The molecule has 4 aromatic carbocycles. The second-order valence-corrected chi connectivity index (χ2v) is 9.94. The number of hydrogen-bond acceptors (Lipinski definition) is 4. The van der Waals surface area contributed by atoms with E-state index in [-0.39, 0.29) is 11.3 Å². The fourth-order valence-electron chi connectivity index (χ4n) is 4.90. The summed E-state index contributed by atoms with van der Waals surface area (Å²) in [5.41, 5.74) is 4.22. The van der Waals surface area contributed by atoms with Gasteiger partial charge >= 0.3 is 12.0 Å². The van der Waals surface area contributed by atoms with Crippen LogP contribution in [0.2, 0.25) is 5.02 Å². The summed E-state index contributed by atoms with van der Waals surface area (Å²) in [6, 6.07) is 32.5. The Morgan fingerprint density at radius 3 is 2.32 bits per heavy atom. The quantitative estimate of drug-likeness (QED) is 0.169. The van der Waals surface area contributed by atoms with Crippen LogP contribution in [0.5, 0.6) is 0 Å². The van der Waals surface area contributed by atoms with Crippen molar-refractivity contribution in [2.24, 2.45) is 0 Å². The summed E-state index contributed by atoms with van der Waals surface area (Å²) < 4.78 is 1.86. The molecule has 0 unspecified atom stereocenters. The van der Waals surface area contributed by atoms with Crippen molar-refractivity contribution >= 4 is 56.9 Å². The second kappa shape index (κ2) is 10.7. The number of hydrogen-bond donors (Lipinski definition) is 1. The fraction of sp³-hybridized carbons (Fsp3) is 0.0303. The van der Waals surface area contributed by atoms with Crippen LogP contribution in [0.1, 0.15) is 15.9 Å². The molecule has 0 spiro atoms. The Morgan fingerprint density at radius 1 is 0.829 bits per heavy atom. The highest BCUT2D eigenvalue weighted by Crippen LogP contribution is 2.28. The van der Waals surface area contributed by atoms with E-state index in [2.05, 4.69) is 4.98 Å². The second-order valence-electron chi connectivity index (χ2n) is 9.51. The van der Waals surface area contributed by atoms with E-state index in [1.807, 2.05) is 71.3 Å². The molecule has 1 N–H and O–H groups in total. The minimum absolute atomic E-state index is 0.0579. The lowest BCUT2D eigenvalue weighted by atomic mass is 10.1. The number of Topliss-reactive ketones (excluding diaryl/α,β-unsaturated/α-hetero) is 1. The highest BCUT2D eigenvalue weighted by Gasteiger charge is 2.32. The number of anilines is 1. The molecule has 0 aliphatic heterocycles. The number of ketones is 1. The molecule has 0 radical (unpaired) electrons. The zero-order chi connectivity index (χ0) is 28.5. The van der Waals surface area contributed by atoms with Gasteiger partial charge in [-0.05, 0) is 48.0 Å². The van der Waals surface area contributed by atoms with Gasteiger partial charge in [0.1, 0.15) is 0 Å². The van der Waals surface area contributed by atoms with Gasteiger partial charge in [-0.1, -0.05) is 78.3 Å². The number of imide groups is 1. The normalized spacial score (nSPS) is 11.0. The number of para-hydroxylation sites is 1. The number of nitrogens with zero attached hydrogens (tertiary/aromatic N) is 3. The van der Waals surface area contributed by atoms with E-state index in [1.54, 1.807) is 42.6 Å². The van der Waals surface area contributed by atoms with E-state index in [0.717, 1.165) is 22.3 Å². The van der Waals surface area contributed by atoms with Crippen LogP contribution >= 0.6 is 11.6 Å². The number of carbonyl (C=O) groups excluding carboxylic acids is 2. The Kier molecular flexibility index (Phi) is 6.79. The number of pyridine rings is 1. The van der Waals surface area contributed by atoms with Gasteiger partial charge in [0, 0.05) is 39.6 Å². The van der Waals surface area contributed by atoms with Crippen LogP contribution in [0.25, 0.3) is 33.1 Å². The largest absolute Gasteiger partial charge is 0.464 e. The van der Waals surface area contributed by atoms with Gasteiger partial charge in [-0.3, -0.25) is 9.59 Å². The molecule has 0 aliphatic carbocycles. The summed E-state index contributed by atoms with van der Waals surface area (Å²) >= 11 is 6.02. The van der Waals surface area contributed by atoms with Gasteiger partial charge in [-0.25, -0.2) is 14.7 Å². The molecule has 2 amide bonds. The maximum Gasteiger partial charge on any atom is 0.419 e. The van der Waals surface area contributed by atoms with Crippen molar-refractivity contribution in [3.63, 3.8) is 0 Å². The highest BCUT2D eigenvalue weighted by molar-refractivity contribution is 6.52. The number of benzene rings is 4. The molecule has 0 bridgehead atoms. The Hall–Kier alpha value is -5.27. The molecule has 0 saturated carbocycles. The van der Waals surface area contributed by atoms with E-state index >= 15 is 0 Å². The monoisotopic (exact) mass is 559 g/mol. The molecule has 200 valence electrons. The van der Waals surface area contributed by atoms with Gasteiger partial charge in [0.25, 0.3) is 5.78 Å². The number of aromatic nitrogens is 2. The molecule has 2 aromatic heterocycles. The molecule has 6 rings (SSSR count). The number of carboxylic acid groups (broad SMARTS) is 1. The van der Waals surface area contributed by atoms with Crippen LogP contribution in [-0.2, 0) is 11.3 Å². The zero-order valence-electron chi connectivity index (χ0n) is 21.6. The van der Waals surface area contributed by atoms with Crippen molar-refractivity contribution < 1.29 is 19.5 Å². The van der Waals surface area contributed by atoms with E-state index in [0.29, 0.717) is 32.8 Å². The van der Waals surface area contributed by atoms with Crippen molar-refractivity contribution in [1.82, 2.24) is 9.55 Å². The number of amides is 2. The van der Waals surface area contributed by atoms with Crippen molar-refractivity contribution in [2.75, 3.05) is 4.90 Å². The summed E-state index contributed by atoms with van der Waals surface area (Å²) in [5.74, 6) is -2.09. The number of fused-ring (bicyclic) bond motifs is 2. The number of rotatable bonds is 6. The summed E-state index contributed by atoms with van der Waals surface area (Å²) in [4.78, 5) is 44.5. The maximum atomic E-state index is 13.6. The van der Waals surface area contributed by atoms with Crippen molar-refractivity contribution in [3.8, 4) is 11.3 Å². The zero-order valence-corrected chi connectivity index (χ0v) is 22.3. The SMILES string of the molecule is O=C(C(=O)N(C(=O)O)c1ccc2nc(-c3ccccc3)ccc2c1)c1cn(Cc2ccc(Cl)cc2)c2ccccc12. The van der Waals surface area contributed by atoms with Crippen LogP contribution in [0.4, 0.5) is 10.5 Å². The van der Waals surface area contributed by atoms with Crippen LogP contribution < -0.4 is 4.90 Å². The molecule has 2 heterocycles. The van der Waals surface area contributed by atoms with Gasteiger partial charge in [-0.2, -0.15) is 0 Å². The predicted molar refractivity (Wildman–Crippen MR) is 160 cm³/mol. The van der Waals surface area contributed by atoms with Crippen molar-refractivity contribution in [1.29, 1.82) is 0 Å². The minimum atomic E-state index is -1.55. The minimum Gasteiger partial charge on any atom is -0.464 e. The molecule has 0 atom stereocenters. The van der Waals surface area contributed by atoms with E-state index in [1.165, 1.54) is 6.07 Å². The third-order valence-corrected chi connectivity index (χ3v) is 7.14. The average molecular weight is 560 g/mol. The topological polar surface area (TPSA) is 92.5 Å². The standard InChI is InChI=1S/C33H22ClN3O4/c34-24-13-10-21(11-14-24)19-36-20-27(26-8-4-5-9-30(26)36)31(38)32(39)37(33(40)41)25-15-17-29-23(18-25)12-16-28(35-29)22-6-2-1-3-7-22/h1-18,20H,19H2,(H,40,41). The third-order valence-electron chi connectivity index (χ3n) is 6.89. The number of halogens is 1. The van der Waals surface area contributed by atoms with Gasteiger partial charge < -0.3 is 9.67 Å². The summed E-state index contributed by atoms with van der Waals surface area (Å²) in [6.07, 6.45) is 0.0380. The summed E-state index contributed by atoms with van der Waals surface area (Å²) in [5, 5.41) is 11.8. The van der Waals surface area contributed by atoms with Gasteiger partial charge in [0.2, 0.25) is 0 Å². The van der Waals surface area contributed by atoms with Crippen LogP contribution in [0, 0.1) is 0 Å². The van der Waals surface area contributed by atoms with E-state index in [9.17, 15) is 19.5 Å². The molecule has 0 fully saturated rings. The Labute approximate surface area is 239 Å². The molecule has 7 nitrogen and oxygen atoms in total.